The molecule has 0 bridgehead atoms. The Balaban J connectivity index is 2.33. The molecule has 1 unspecified atom stereocenters. The third-order valence-corrected chi connectivity index (χ3v) is 3.49. The number of aryl methyl sites for hydroxylation is 1. The van der Waals surface area contributed by atoms with Crippen LogP contribution in [0.4, 0.5) is 0 Å². The number of ether oxygens (including phenoxy) is 1. The summed E-state index contributed by atoms with van der Waals surface area (Å²) in [6.45, 7) is 3.55. The fourth-order valence-electron chi connectivity index (χ4n) is 1.45. The molecule has 4 heteroatoms. The molecule has 0 aliphatic heterocycles. The second kappa shape index (κ2) is 7.66. The van der Waals surface area contributed by atoms with Crippen molar-refractivity contribution in [3.8, 4) is 0 Å². The maximum Gasteiger partial charge on any atom is 0.319 e. The van der Waals surface area contributed by atoms with Crippen molar-refractivity contribution >= 4 is 28.6 Å². The van der Waals surface area contributed by atoms with Crippen molar-refractivity contribution in [2.75, 3.05) is 13.7 Å². The fraction of sp³-hybridized carbons (Fsp3) is 0.462. The maximum atomic E-state index is 11.2. The highest BCUT2D eigenvalue weighted by Gasteiger charge is 2.13. The van der Waals surface area contributed by atoms with Crippen LogP contribution < -0.4 is 5.32 Å². The summed E-state index contributed by atoms with van der Waals surface area (Å²) >= 11 is 2.08. The van der Waals surface area contributed by atoms with Crippen LogP contribution in [-0.2, 0) is 22.5 Å². The molecule has 17 heavy (non-hydrogen) atoms. The molecule has 0 fully saturated rings. The Hall–Kier alpha value is -0.620. The zero-order valence-corrected chi connectivity index (χ0v) is 12.4. The van der Waals surface area contributed by atoms with Crippen molar-refractivity contribution in [3.63, 3.8) is 0 Å². The predicted molar refractivity (Wildman–Crippen MR) is 77.4 cm³/mol. The summed E-state index contributed by atoms with van der Waals surface area (Å²) in [5.74, 6) is -0.181. The molecule has 0 aliphatic rings. The summed E-state index contributed by atoms with van der Waals surface area (Å²) in [6, 6.07) is 8.51. The molecular weight excluding hydrogens is 329 g/mol. The average Bonchev–Trinajstić information content (AvgIpc) is 2.38. The van der Waals surface area contributed by atoms with Gasteiger partial charge in [-0.25, -0.2) is 0 Å². The molecule has 0 saturated carbocycles. The van der Waals surface area contributed by atoms with E-state index in [1.807, 2.05) is 0 Å². The first-order valence-electron chi connectivity index (χ1n) is 5.67. The standard InChI is InChI=1S/C13H18INO2/c1-3-10-4-6-11(7-5-10)8-15-9-12(14)13(16)17-2/h4-7,12,15H,3,8-9H2,1-2H3. The highest BCUT2D eigenvalue weighted by Crippen LogP contribution is 2.06. The Labute approximate surface area is 116 Å². The molecule has 0 spiro atoms. The van der Waals surface area contributed by atoms with Gasteiger partial charge in [0, 0.05) is 13.1 Å². The van der Waals surface area contributed by atoms with E-state index in [-0.39, 0.29) is 9.89 Å². The van der Waals surface area contributed by atoms with Crippen molar-refractivity contribution in [1.82, 2.24) is 5.32 Å². The van der Waals surface area contributed by atoms with E-state index in [0.29, 0.717) is 6.54 Å². The first kappa shape index (κ1) is 14.4. The molecule has 1 aromatic rings. The summed E-state index contributed by atoms with van der Waals surface area (Å²) < 4.78 is 4.53. The Morgan fingerprint density at radius 2 is 1.94 bits per heavy atom. The van der Waals surface area contributed by atoms with Crippen LogP contribution in [0.3, 0.4) is 0 Å². The van der Waals surface area contributed by atoms with Crippen LogP contribution in [0.2, 0.25) is 0 Å². The molecule has 1 aromatic carbocycles. The van der Waals surface area contributed by atoms with Gasteiger partial charge in [-0.15, -0.1) is 0 Å². The summed E-state index contributed by atoms with van der Waals surface area (Å²) in [5, 5.41) is 3.25. The van der Waals surface area contributed by atoms with Crippen LogP contribution in [0.1, 0.15) is 18.1 Å². The van der Waals surface area contributed by atoms with Crippen LogP contribution in [0.15, 0.2) is 24.3 Å². The molecule has 0 radical (unpaired) electrons. The van der Waals surface area contributed by atoms with Crippen LogP contribution in [0, 0.1) is 0 Å². The molecule has 1 atom stereocenters. The summed E-state index contributed by atoms with van der Waals surface area (Å²) in [6.07, 6.45) is 1.06. The van der Waals surface area contributed by atoms with Gasteiger partial charge in [-0.05, 0) is 17.5 Å². The largest absolute Gasteiger partial charge is 0.468 e. The third kappa shape index (κ3) is 5.04. The van der Waals surface area contributed by atoms with Gasteiger partial charge in [0.15, 0.2) is 0 Å². The molecule has 0 saturated heterocycles. The van der Waals surface area contributed by atoms with Crippen LogP contribution in [0.25, 0.3) is 0 Å². The summed E-state index contributed by atoms with van der Waals surface area (Å²) in [5.41, 5.74) is 2.57. The molecule has 1 N–H and O–H groups in total. The number of rotatable bonds is 6. The Kier molecular flexibility index (Phi) is 6.50. The first-order chi connectivity index (χ1) is 8.17. The van der Waals surface area contributed by atoms with E-state index >= 15 is 0 Å². The lowest BCUT2D eigenvalue weighted by molar-refractivity contribution is -0.139. The van der Waals surface area contributed by atoms with E-state index < -0.39 is 0 Å². The number of hydrogen-bond acceptors (Lipinski definition) is 3. The van der Waals surface area contributed by atoms with Gasteiger partial charge in [0.25, 0.3) is 0 Å². The zero-order valence-electron chi connectivity index (χ0n) is 10.2. The molecule has 94 valence electrons. The maximum absolute atomic E-state index is 11.2. The van der Waals surface area contributed by atoms with E-state index in [2.05, 4.69) is 63.8 Å². The number of carbonyl (C=O) groups excluding carboxylic acids is 1. The van der Waals surface area contributed by atoms with Gasteiger partial charge in [-0.2, -0.15) is 0 Å². The van der Waals surface area contributed by atoms with E-state index in [9.17, 15) is 4.79 Å². The minimum absolute atomic E-state index is 0.132. The molecule has 0 amide bonds. The van der Waals surface area contributed by atoms with Crippen LogP contribution in [-0.4, -0.2) is 23.5 Å². The number of alkyl halides is 1. The molecule has 0 aromatic heterocycles. The number of benzene rings is 1. The number of halogens is 1. The van der Waals surface area contributed by atoms with E-state index in [1.165, 1.54) is 18.2 Å². The Morgan fingerprint density at radius 1 is 1.35 bits per heavy atom. The summed E-state index contributed by atoms with van der Waals surface area (Å²) in [4.78, 5) is 11.2. The smallest absolute Gasteiger partial charge is 0.319 e. The second-order valence-corrected chi connectivity index (χ2v) is 5.30. The quantitative estimate of drug-likeness (QED) is 0.488. The molecule has 0 aliphatic carbocycles. The van der Waals surface area contributed by atoms with Gasteiger partial charge >= 0.3 is 5.97 Å². The molecule has 0 heterocycles. The fourth-order valence-corrected chi connectivity index (χ4v) is 2.01. The normalized spacial score (nSPS) is 12.2. The lowest BCUT2D eigenvalue weighted by atomic mass is 10.1. The number of nitrogens with one attached hydrogen (secondary N) is 1. The molecule has 1 rings (SSSR count). The topological polar surface area (TPSA) is 38.3 Å². The zero-order chi connectivity index (χ0) is 12.7. The van der Waals surface area contributed by atoms with Crippen molar-refractivity contribution < 1.29 is 9.53 Å². The molecular formula is C13H18INO2. The highest BCUT2D eigenvalue weighted by molar-refractivity contribution is 14.1. The lowest BCUT2D eigenvalue weighted by Gasteiger charge is -2.09. The van der Waals surface area contributed by atoms with E-state index in [1.54, 1.807) is 0 Å². The monoisotopic (exact) mass is 347 g/mol. The number of esters is 1. The van der Waals surface area contributed by atoms with Crippen molar-refractivity contribution in [2.24, 2.45) is 0 Å². The van der Waals surface area contributed by atoms with Gasteiger partial charge in [-0.3, -0.25) is 4.79 Å². The Bertz CT molecular complexity index is 351. The van der Waals surface area contributed by atoms with Crippen LogP contribution >= 0.6 is 22.6 Å². The minimum atomic E-state index is -0.181. The van der Waals surface area contributed by atoms with Crippen molar-refractivity contribution in [1.29, 1.82) is 0 Å². The summed E-state index contributed by atoms with van der Waals surface area (Å²) in [7, 11) is 1.41. The van der Waals surface area contributed by atoms with E-state index in [0.717, 1.165) is 13.0 Å². The highest BCUT2D eigenvalue weighted by atomic mass is 127. The average molecular weight is 347 g/mol. The van der Waals surface area contributed by atoms with Gasteiger partial charge in [-0.1, -0.05) is 53.8 Å². The van der Waals surface area contributed by atoms with Crippen LogP contribution in [0.5, 0.6) is 0 Å². The second-order valence-electron chi connectivity index (χ2n) is 3.79. The number of methoxy groups -OCH3 is 1. The van der Waals surface area contributed by atoms with Crippen molar-refractivity contribution in [3.05, 3.63) is 35.4 Å². The van der Waals surface area contributed by atoms with Crippen molar-refractivity contribution in [2.45, 2.75) is 23.8 Å². The van der Waals surface area contributed by atoms with Gasteiger partial charge in [0.1, 0.15) is 3.92 Å². The predicted octanol–water partition coefficient (Wildman–Crippen LogP) is 2.32. The Morgan fingerprint density at radius 3 is 2.47 bits per heavy atom. The third-order valence-electron chi connectivity index (χ3n) is 2.54. The van der Waals surface area contributed by atoms with Gasteiger partial charge in [0.05, 0.1) is 7.11 Å². The molecule has 3 nitrogen and oxygen atoms in total. The van der Waals surface area contributed by atoms with E-state index in [4.69, 9.17) is 0 Å². The van der Waals surface area contributed by atoms with Gasteiger partial charge in [0.2, 0.25) is 0 Å². The number of carbonyl (C=O) groups is 1. The lowest BCUT2D eigenvalue weighted by Crippen LogP contribution is -2.29. The minimum Gasteiger partial charge on any atom is -0.468 e. The SMILES string of the molecule is CCc1ccc(CNCC(I)C(=O)OC)cc1. The van der Waals surface area contributed by atoms with Gasteiger partial charge < -0.3 is 10.1 Å². The number of hydrogen-bond donors (Lipinski definition) is 1. The first-order valence-corrected chi connectivity index (χ1v) is 6.92.